The molecule has 2 aliphatic heterocycles. The number of hydrogen-bond donors (Lipinski definition) is 2. The Hall–Kier alpha value is -2.50. The zero-order valence-electron chi connectivity index (χ0n) is 28.8. The Balaban J connectivity index is 1.27. The summed E-state index contributed by atoms with van der Waals surface area (Å²) in [7, 11) is 0. The molecule has 3 fully saturated rings. The Morgan fingerprint density at radius 2 is 1.25 bits per heavy atom. The lowest BCUT2D eigenvalue weighted by atomic mass is 9.63. The Morgan fingerprint density at radius 3 is 1.86 bits per heavy atom. The van der Waals surface area contributed by atoms with Crippen molar-refractivity contribution < 1.29 is 19.7 Å². The van der Waals surface area contributed by atoms with E-state index >= 15 is 0 Å². The minimum Gasteiger partial charge on any atom is -0.393 e. The van der Waals surface area contributed by atoms with Gasteiger partial charge >= 0.3 is 0 Å². The summed E-state index contributed by atoms with van der Waals surface area (Å²) in [6.07, 6.45) is 29.9. The highest BCUT2D eigenvalue weighted by molar-refractivity contribution is 5.38. The zero-order chi connectivity index (χ0) is 32.6. The van der Waals surface area contributed by atoms with E-state index < -0.39 is 0 Å². The van der Waals surface area contributed by atoms with Crippen LogP contribution in [0.1, 0.15) is 94.9 Å². The fourth-order valence-corrected chi connectivity index (χ4v) is 7.95. The van der Waals surface area contributed by atoms with E-state index in [0.29, 0.717) is 12.8 Å². The molecule has 0 aromatic heterocycles. The van der Waals surface area contributed by atoms with Crippen molar-refractivity contribution in [2.75, 3.05) is 0 Å². The molecule has 1 saturated heterocycles. The molecule has 4 aliphatic rings. The van der Waals surface area contributed by atoms with Crippen LogP contribution in [-0.4, -0.2) is 45.3 Å². The molecule has 0 radical (unpaired) electrons. The molecule has 0 aromatic rings. The van der Waals surface area contributed by atoms with Crippen molar-refractivity contribution in [2.24, 2.45) is 10.8 Å². The number of ether oxygens (including phenoxy) is 2. The van der Waals surface area contributed by atoms with Gasteiger partial charge in [0.05, 0.1) is 23.9 Å². The Bertz CT molecular complexity index is 1380. The summed E-state index contributed by atoms with van der Waals surface area (Å²) in [5.74, 6) is 0. The first kappa shape index (κ1) is 34.4. The maximum Gasteiger partial charge on any atom is 0.121 e. The van der Waals surface area contributed by atoms with Gasteiger partial charge in [-0.25, -0.2) is 0 Å². The first-order valence-electron chi connectivity index (χ1n) is 16.3. The maximum atomic E-state index is 10.4. The number of aliphatic hydroxyl groups is 2. The molecule has 44 heavy (non-hydrogen) atoms. The summed E-state index contributed by atoms with van der Waals surface area (Å²) in [5.41, 5.74) is 4.89. The van der Waals surface area contributed by atoms with Crippen LogP contribution in [0.2, 0.25) is 0 Å². The molecule has 2 aliphatic carbocycles. The third-order valence-electron chi connectivity index (χ3n) is 10.2. The van der Waals surface area contributed by atoms with Crippen molar-refractivity contribution in [2.45, 2.75) is 130 Å². The topological polar surface area (TPSA) is 62.2 Å². The van der Waals surface area contributed by atoms with E-state index in [1.807, 2.05) is 0 Å². The van der Waals surface area contributed by atoms with Crippen LogP contribution in [0.25, 0.3) is 0 Å². The molecular formula is C40H56O4. The van der Waals surface area contributed by atoms with E-state index in [-0.39, 0.29) is 45.9 Å². The van der Waals surface area contributed by atoms with Crippen LogP contribution in [0.5, 0.6) is 0 Å². The number of aliphatic hydroxyl groups excluding tert-OH is 2. The van der Waals surface area contributed by atoms with E-state index in [1.165, 1.54) is 27.9 Å². The van der Waals surface area contributed by atoms with Crippen LogP contribution in [0.15, 0.2) is 107 Å². The summed E-state index contributed by atoms with van der Waals surface area (Å²) < 4.78 is 12.7. The van der Waals surface area contributed by atoms with Crippen molar-refractivity contribution in [1.82, 2.24) is 0 Å². The normalized spacial score (nSPS) is 37.7. The van der Waals surface area contributed by atoms with Crippen molar-refractivity contribution in [3.8, 4) is 0 Å². The minimum absolute atomic E-state index is 0.0500. The maximum absolute atomic E-state index is 10.4. The van der Waals surface area contributed by atoms with E-state index in [1.54, 1.807) is 0 Å². The second kappa shape index (κ2) is 12.7. The first-order chi connectivity index (χ1) is 20.4. The summed E-state index contributed by atoms with van der Waals surface area (Å²) in [5, 5.41) is 20.6. The third-order valence-corrected chi connectivity index (χ3v) is 10.2. The first-order valence-corrected chi connectivity index (χ1v) is 16.3. The highest BCUT2D eigenvalue weighted by Gasteiger charge is 2.74. The molecule has 0 unspecified atom stereocenters. The van der Waals surface area contributed by atoms with Crippen molar-refractivity contribution in [3.63, 3.8) is 0 Å². The molecule has 2 N–H and O–H groups in total. The molecule has 4 nitrogen and oxygen atoms in total. The van der Waals surface area contributed by atoms with Gasteiger partial charge < -0.3 is 19.7 Å². The lowest BCUT2D eigenvalue weighted by molar-refractivity contribution is -0.0683. The fourth-order valence-electron chi connectivity index (χ4n) is 7.95. The van der Waals surface area contributed by atoms with Crippen LogP contribution >= 0.6 is 0 Å². The van der Waals surface area contributed by atoms with Crippen LogP contribution in [-0.2, 0) is 9.47 Å². The van der Waals surface area contributed by atoms with E-state index in [9.17, 15) is 10.2 Å². The zero-order valence-corrected chi connectivity index (χ0v) is 28.8. The molecule has 0 aromatic carbocycles. The summed E-state index contributed by atoms with van der Waals surface area (Å²) in [6, 6.07) is 0. The molecule has 0 amide bonds. The van der Waals surface area contributed by atoms with E-state index in [4.69, 9.17) is 9.47 Å². The van der Waals surface area contributed by atoms with Crippen molar-refractivity contribution in [1.29, 1.82) is 0 Å². The monoisotopic (exact) mass is 600 g/mol. The molecule has 6 atom stereocenters. The summed E-state index contributed by atoms with van der Waals surface area (Å²) in [4.78, 5) is 0. The van der Waals surface area contributed by atoms with Gasteiger partial charge in [0.2, 0.25) is 0 Å². The minimum atomic E-state index is -0.385. The largest absolute Gasteiger partial charge is 0.393 e. The number of epoxide rings is 1. The molecule has 240 valence electrons. The highest BCUT2D eigenvalue weighted by atomic mass is 16.6. The van der Waals surface area contributed by atoms with Gasteiger partial charge in [-0.05, 0) is 83.1 Å². The van der Waals surface area contributed by atoms with Crippen LogP contribution in [0.4, 0.5) is 0 Å². The predicted octanol–water partition coefficient (Wildman–Crippen LogP) is 8.97. The Kier molecular flexibility index (Phi) is 9.93. The molecule has 4 rings (SSSR count). The van der Waals surface area contributed by atoms with Gasteiger partial charge in [0.15, 0.2) is 0 Å². The number of fused-ring (bicyclic) bond motifs is 2. The van der Waals surface area contributed by atoms with E-state index in [0.717, 1.165) is 12.8 Å². The quantitative estimate of drug-likeness (QED) is 0.158. The fraction of sp³-hybridized carbons (Fsp3) is 0.550. The lowest BCUT2D eigenvalue weighted by Crippen LogP contribution is -2.46. The van der Waals surface area contributed by atoms with E-state index in [2.05, 4.69) is 148 Å². The second-order valence-corrected chi connectivity index (χ2v) is 15.4. The third kappa shape index (κ3) is 7.31. The van der Waals surface area contributed by atoms with Gasteiger partial charge in [0.1, 0.15) is 11.2 Å². The van der Waals surface area contributed by atoms with Gasteiger partial charge in [-0.15, -0.1) is 0 Å². The van der Waals surface area contributed by atoms with Gasteiger partial charge in [0, 0.05) is 18.3 Å². The molecule has 0 spiro atoms. The number of rotatable bonds is 9. The molecule has 2 saturated carbocycles. The van der Waals surface area contributed by atoms with Crippen LogP contribution in [0, 0.1) is 10.8 Å². The van der Waals surface area contributed by atoms with Gasteiger partial charge in [-0.1, -0.05) is 111 Å². The molecule has 2 heterocycles. The molecule has 4 heteroatoms. The van der Waals surface area contributed by atoms with Crippen molar-refractivity contribution >= 4 is 0 Å². The highest BCUT2D eigenvalue weighted by Crippen LogP contribution is 2.66. The Morgan fingerprint density at radius 1 is 0.705 bits per heavy atom. The standard InChI is InChI=1S/C40H56O4/c1-28(17-13-18-30(3)21-22-40-37(7,8)25-33(42)27-39(40,10)44-40)15-11-12-16-29(2)19-14-20-31(4)34-23-35-36(5,6)24-32(41)26-38(35,9)43-34/h11-23,32-34,41-42H,24-27H2,1-10H3/b12-11+,17-13+,19-14+,22-21+,28-15+,29-16+,30-18+,31-20+/t32-,33+,34+,38+,39+,40-/m0/s1. The SMILES string of the molecule is CC(/C=C/C=C(C)/C=C/[C@@]12O[C@]1(C)C[C@H](O)CC2(C)C)=C\C=C\C=C(C)\C=C\C=C(/C)[C@H]1C=C2C(C)(C)C[C@H](O)C[C@@]2(C)O1. The van der Waals surface area contributed by atoms with Crippen LogP contribution in [0.3, 0.4) is 0 Å². The Labute approximate surface area is 267 Å². The number of hydrogen-bond acceptors (Lipinski definition) is 4. The predicted molar refractivity (Wildman–Crippen MR) is 183 cm³/mol. The van der Waals surface area contributed by atoms with Gasteiger partial charge in [-0.3, -0.25) is 0 Å². The smallest absolute Gasteiger partial charge is 0.121 e. The molecular weight excluding hydrogens is 544 g/mol. The van der Waals surface area contributed by atoms with Gasteiger partial charge in [-0.2, -0.15) is 0 Å². The summed E-state index contributed by atoms with van der Waals surface area (Å²) >= 11 is 0. The second-order valence-electron chi connectivity index (χ2n) is 15.4. The van der Waals surface area contributed by atoms with Crippen molar-refractivity contribution in [3.05, 3.63) is 107 Å². The lowest BCUT2D eigenvalue weighted by Gasteiger charge is -2.44. The van der Waals surface area contributed by atoms with Crippen LogP contribution < -0.4 is 0 Å². The molecule has 0 bridgehead atoms. The summed E-state index contributed by atoms with van der Waals surface area (Å²) in [6.45, 7) is 21.5. The average Bonchev–Trinajstić information content (AvgIpc) is 3.34. The van der Waals surface area contributed by atoms with Gasteiger partial charge in [0.25, 0.3) is 0 Å². The average molecular weight is 601 g/mol. The number of allylic oxidation sites excluding steroid dienone is 14.